The van der Waals surface area contributed by atoms with E-state index in [-0.39, 0.29) is 66.4 Å². The van der Waals surface area contributed by atoms with E-state index in [0.29, 0.717) is 5.75 Å². The highest BCUT2D eigenvalue weighted by molar-refractivity contribution is 8.76. The van der Waals surface area contributed by atoms with Crippen LogP contribution in [0.3, 0.4) is 0 Å². The molecule has 1 amide bonds. The zero-order chi connectivity index (χ0) is 55.2. The van der Waals surface area contributed by atoms with E-state index in [1.165, 1.54) is 73.5 Å². The van der Waals surface area contributed by atoms with Crippen LogP contribution < -0.4 is 11.1 Å². The van der Waals surface area contributed by atoms with Crippen molar-refractivity contribution < 1.29 is 86.5 Å². The monoisotopic (exact) mass is 1090 g/mol. The molecule has 408 valence electrons. The Kier molecular flexibility index (Phi) is 18.1. The highest BCUT2D eigenvalue weighted by Gasteiger charge is 2.78. The van der Waals surface area contributed by atoms with Crippen molar-refractivity contribution in [1.29, 1.82) is 0 Å². The molecule has 4 aliphatic rings. The van der Waals surface area contributed by atoms with E-state index < -0.39 is 125 Å². The van der Waals surface area contributed by atoms with E-state index >= 15 is 9.59 Å². The first-order chi connectivity index (χ1) is 36.1. The van der Waals surface area contributed by atoms with E-state index in [1.54, 1.807) is 66.7 Å². The normalized spacial score (nSPS) is 27.9. The fraction of sp³-hybridized carbons (Fsp3) is 0.481. The molecule has 7 rings (SSSR count). The SMILES string of the molecule is CC(=O)O[C@H]1C(=O)[C@@]2(C)[C@H]([C@H](OC(=O)c3ccccc3)[C@]3(O)C[C@H](OC(=O)[C@H](OC(=O)OCCSSCCOC(=O)CN)[C@@H](NC(=O)c4ccccc4)c4ccccc4)C(C)=C1C3(C)C)[C@]1(OC(C)=O)CO[C@@H]1C[C@@H]2O. The number of nitrogens with two attached hydrogens (primary N) is 1. The Balaban J connectivity index is 1.33. The van der Waals surface area contributed by atoms with Gasteiger partial charge in [-0.3, -0.25) is 24.0 Å². The van der Waals surface area contributed by atoms with E-state index in [4.69, 9.17) is 43.6 Å². The third-order valence-corrected chi connectivity index (χ3v) is 17.1. The summed E-state index contributed by atoms with van der Waals surface area (Å²) in [5.41, 5.74) is -2.41. The van der Waals surface area contributed by atoms with Crippen LogP contribution in [-0.4, -0.2) is 144 Å². The van der Waals surface area contributed by atoms with Gasteiger partial charge in [0.25, 0.3) is 5.91 Å². The maximum atomic E-state index is 15.8. The van der Waals surface area contributed by atoms with Crippen LogP contribution in [0.15, 0.2) is 102 Å². The van der Waals surface area contributed by atoms with Crippen LogP contribution in [0.4, 0.5) is 4.79 Å². The Morgan fingerprint density at radius 2 is 1.41 bits per heavy atom. The minimum Gasteiger partial charge on any atom is -0.464 e. The van der Waals surface area contributed by atoms with Crippen molar-refractivity contribution in [3.8, 4) is 0 Å². The molecule has 1 aliphatic heterocycles. The van der Waals surface area contributed by atoms with Crippen LogP contribution in [0.5, 0.6) is 0 Å². The van der Waals surface area contributed by atoms with Crippen molar-refractivity contribution in [2.75, 3.05) is 37.9 Å². The molecular weight excluding hydrogens is 1030 g/mol. The number of hydrogen-bond donors (Lipinski definition) is 4. The molecule has 2 saturated carbocycles. The topological polar surface area (TPSA) is 289 Å². The van der Waals surface area contributed by atoms with Gasteiger partial charge in [0.1, 0.15) is 43.2 Å². The smallest absolute Gasteiger partial charge is 0.464 e. The lowest BCUT2D eigenvalue weighted by molar-refractivity contribution is -0.346. The van der Waals surface area contributed by atoms with Crippen molar-refractivity contribution in [3.63, 3.8) is 0 Å². The number of carbonyl (C=O) groups excluding carboxylic acids is 8. The van der Waals surface area contributed by atoms with Gasteiger partial charge in [0.15, 0.2) is 17.5 Å². The summed E-state index contributed by atoms with van der Waals surface area (Å²) >= 11 is 0. The van der Waals surface area contributed by atoms with Crippen LogP contribution in [0.25, 0.3) is 0 Å². The van der Waals surface area contributed by atoms with Gasteiger partial charge in [0.2, 0.25) is 6.10 Å². The number of Topliss-reactive ketones (excluding diaryl/α,β-unsaturated/α-hetero) is 1. The van der Waals surface area contributed by atoms with Crippen LogP contribution >= 0.6 is 21.6 Å². The first-order valence-electron chi connectivity index (χ1n) is 24.6. The summed E-state index contributed by atoms with van der Waals surface area (Å²) in [6.07, 6.45) is -12.4. The maximum Gasteiger partial charge on any atom is 0.509 e. The fourth-order valence-electron chi connectivity index (χ4n) is 10.9. The highest BCUT2D eigenvalue weighted by atomic mass is 33.1. The predicted molar refractivity (Wildman–Crippen MR) is 273 cm³/mol. The molecule has 0 aromatic heterocycles. The highest BCUT2D eigenvalue weighted by Crippen LogP contribution is 2.64. The standard InChI is InChI=1S/C54H62N2O18S2/c1-30-36(71-49(64)43(72-50(65)68-23-25-76-75-24-22-67-39(60)28-55)41(33-16-10-7-11-17-33)56-47(62)34-18-12-8-13-19-34)27-54(66)46(73-48(63)35-20-14-9-15-21-35)44-52(6,37(59)26-38-53(44,29-69-38)74-32(3)58)45(61)42(70-31(2)57)40(30)51(54,4)5/h7-21,36-38,41-44,46,59,66H,22-29,55H2,1-6H3,(H,56,62)/t36-,37-,38+,41-,42+,43+,44-,46-,52+,53-,54+/m0/s1. The lowest BCUT2D eigenvalue weighted by Crippen LogP contribution is -2.82. The minimum atomic E-state index is -2.50. The molecule has 11 atom stereocenters. The molecule has 20 nitrogen and oxygen atoms in total. The number of fused-ring (bicyclic) bond motifs is 5. The molecule has 3 fully saturated rings. The number of ketones is 1. The number of nitrogens with one attached hydrogen (secondary N) is 1. The second-order valence-electron chi connectivity index (χ2n) is 19.6. The summed E-state index contributed by atoms with van der Waals surface area (Å²) in [6.45, 7) is 7.41. The average molecular weight is 1090 g/mol. The molecule has 22 heteroatoms. The van der Waals surface area contributed by atoms with Gasteiger partial charge in [-0.1, -0.05) is 102 Å². The van der Waals surface area contributed by atoms with Gasteiger partial charge in [0.05, 0.1) is 36.2 Å². The first kappa shape index (κ1) is 57.4. The number of aliphatic hydroxyl groups excluding tert-OH is 1. The number of hydrogen-bond acceptors (Lipinski definition) is 21. The second-order valence-corrected chi connectivity index (χ2v) is 22.3. The molecular formula is C54H62N2O18S2. The lowest BCUT2D eigenvalue weighted by atomic mass is 9.44. The van der Waals surface area contributed by atoms with Gasteiger partial charge in [0, 0.05) is 49.2 Å². The van der Waals surface area contributed by atoms with Gasteiger partial charge in [-0.05, 0) is 54.8 Å². The van der Waals surface area contributed by atoms with E-state index in [1.807, 2.05) is 0 Å². The van der Waals surface area contributed by atoms with Crippen molar-refractivity contribution in [3.05, 3.63) is 119 Å². The number of aliphatic hydroxyl groups is 2. The fourth-order valence-corrected chi connectivity index (χ4v) is 12.6. The van der Waals surface area contributed by atoms with E-state index in [9.17, 15) is 39.0 Å². The number of carbonyl (C=O) groups is 8. The second kappa shape index (κ2) is 23.9. The summed E-state index contributed by atoms with van der Waals surface area (Å²) in [5, 5.41) is 29.0. The first-order valence-corrected chi connectivity index (χ1v) is 27.0. The minimum absolute atomic E-state index is 0.0289. The Labute approximate surface area is 446 Å². The van der Waals surface area contributed by atoms with Gasteiger partial charge >= 0.3 is 36.0 Å². The van der Waals surface area contributed by atoms with Gasteiger partial charge in [-0.15, -0.1) is 0 Å². The van der Waals surface area contributed by atoms with Crippen LogP contribution in [-0.2, 0) is 61.9 Å². The molecule has 0 spiro atoms. The van der Waals surface area contributed by atoms with Gasteiger partial charge < -0.3 is 59.2 Å². The molecule has 76 heavy (non-hydrogen) atoms. The van der Waals surface area contributed by atoms with Gasteiger partial charge in [-0.2, -0.15) is 0 Å². The number of benzene rings is 3. The predicted octanol–water partition coefficient (Wildman–Crippen LogP) is 4.78. The van der Waals surface area contributed by atoms with Crippen LogP contribution in [0, 0.1) is 16.7 Å². The Bertz CT molecular complexity index is 2690. The van der Waals surface area contributed by atoms with Gasteiger partial charge in [-0.25, -0.2) is 14.4 Å². The Morgan fingerprint density at radius 1 is 0.816 bits per heavy atom. The molecule has 3 aromatic carbocycles. The largest absolute Gasteiger partial charge is 0.509 e. The zero-order valence-electron chi connectivity index (χ0n) is 42.8. The summed E-state index contributed by atoms with van der Waals surface area (Å²) in [6, 6.07) is 22.4. The third kappa shape index (κ3) is 11.5. The van der Waals surface area contributed by atoms with Crippen molar-refractivity contribution in [1.82, 2.24) is 5.32 Å². The molecule has 1 heterocycles. The molecule has 1 saturated heterocycles. The summed E-state index contributed by atoms with van der Waals surface area (Å²) in [4.78, 5) is 111. The molecule has 0 unspecified atom stereocenters. The van der Waals surface area contributed by atoms with E-state index in [0.717, 1.165) is 13.8 Å². The summed E-state index contributed by atoms with van der Waals surface area (Å²) < 4.78 is 47.0. The quantitative estimate of drug-likeness (QED) is 0.0413. The van der Waals surface area contributed by atoms with E-state index in [2.05, 4.69) is 5.32 Å². The average Bonchev–Trinajstić information content (AvgIpc) is 3.59. The Hall–Kier alpha value is -6.30. The molecule has 3 aromatic rings. The number of esters is 5. The van der Waals surface area contributed by atoms with Crippen LogP contribution in [0.2, 0.25) is 0 Å². The number of rotatable bonds is 19. The maximum absolute atomic E-state index is 15.8. The zero-order valence-corrected chi connectivity index (χ0v) is 44.4. The Morgan fingerprint density at radius 3 is 1.97 bits per heavy atom. The molecule has 5 N–H and O–H groups in total. The summed E-state index contributed by atoms with van der Waals surface area (Å²) in [5.74, 6) is -7.13. The molecule has 3 aliphatic carbocycles. The van der Waals surface area contributed by atoms with Crippen LogP contribution in [0.1, 0.15) is 86.7 Å². The molecule has 2 bridgehead atoms. The number of amides is 1. The van der Waals surface area contributed by atoms with Crippen molar-refractivity contribution in [2.24, 2.45) is 22.5 Å². The molecule has 0 radical (unpaired) electrons. The third-order valence-electron chi connectivity index (χ3n) is 14.7. The van der Waals surface area contributed by atoms with Crippen molar-refractivity contribution in [2.45, 2.75) is 108 Å². The lowest BCUT2D eigenvalue weighted by Gasteiger charge is -2.67. The number of ether oxygens (including phenoxy) is 8. The summed E-state index contributed by atoms with van der Waals surface area (Å²) in [7, 11) is 2.63. The van der Waals surface area contributed by atoms with Crippen molar-refractivity contribution >= 4 is 69.3 Å².